The number of anilines is 1. The van der Waals surface area contributed by atoms with Crippen molar-refractivity contribution in [3.8, 4) is 0 Å². The summed E-state index contributed by atoms with van der Waals surface area (Å²) >= 11 is 5.96. The highest BCUT2D eigenvalue weighted by Gasteiger charge is 2.32. The molecule has 1 amide bonds. The molecular formula is C12H15ClN2O5S. The van der Waals surface area contributed by atoms with Crippen LogP contribution in [0.1, 0.15) is 12.5 Å². The molecule has 0 saturated heterocycles. The van der Waals surface area contributed by atoms with Gasteiger partial charge in [0.2, 0.25) is 15.9 Å². The lowest BCUT2D eigenvalue weighted by atomic mass is 10.1. The molecule has 9 heteroatoms. The smallest absolute Gasteiger partial charge is 0.242 e. The number of amides is 1. The first-order chi connectivity index (χ1) is 9.70. The standard InChI is InChI=1S/C12H15ClN2O5S/c1-12(5-16,6-17)15-21(19,20)10-2-7-3-11(18)14-9(7)4-8(10)13/h2,4,15-17H,3,5-6H2,1H3,(H,14,18). The molecule has 0 unspecified atom stereocenters. The van der Waals surface area contributed by atoms with E-state index in [-0.39, 0.29) is 22.2 Å². The maximum atomic E-state index is 12.3. The SMILES string of the molecule is CC(CO)(CO)NS(=O)(=O)c1cc2c(cc1Cl)NC(=O)C2. The number of hydrogen-bond donors (Lipinski definition) is 4. The van der Waals surface area contributed by atoms with Crippen LogP contribution in [-0.4, -0.2) is 43.3 Å². The van der Waals surface area contributed by atoms with Crippen LogP contribution in [0.15, 0.2) is 17.0 Å². The maximum Gasteiger partial charge on any atom is 0.242 e. The number of hydrogen-bond acceptors (Lipinski definition) is 5. The molecule has 7 nitrogen and oxygen atoms in total. The first-order valence-corrected chi connectivity index (χ1v) is 7.95. The topological polar surface area (TPSA) is 116 Å². The molecule has 1 aromatic carbocycles. The van der Waals surface area contributed by atoms with Gasteiger partial charge >= 0.3 is 0 Å². The number of carbonyl (C=O) groups excluding carboxylic acids is 1. The number of benzene rings is 1. The van der Waals surface area contributed by atoms with E-state index in [1.54, 1.807) is 0 Å². The summed E-state index contributed by atoms with van der Waals surface area (Å²) < 4.78 is 26.9. The minimum atomic E-state index is -4.05. The molecule has 1 aromatic rings. The fourth-order valence-electron chi connectivity index (χ4n) is 1.93. The lowest BCUT2D eigenvalue weighted by Crippen LogP contribution is -2.51. The van der Waals surface area contributed by atoms with Crippen LogP contribution >= 0.6 is 11.6 Å². The lowest BCUT2D eigenvalue weighted by Gasteiger charge is -2.26. The second kappa shape index (κ2) is 5.54. The molecule has 0 aromatic heterocycles. The molecule has 1 aliphatic heterocycles. The summed E-state index contributed by atoms with van der Waals surface area (Å²) in [5, 5.41) is 20.9. The summed E-state index contributed by atoms with van der Waals surface area (Å²) in [7, 11) is -4.05. The molecular weight excluding hydrogens is 320 g/mol. The van der Waals surface area contributed by atoms with Gasteiger partial charge in [0, 0.05) is 5.69 Å². The number of rotatable bonds is 5. The number of halogens is 1. The number of aliphatic hydroxyl groups is 2. The van der Waals surface area contributed by atoms with Gasteiger partial charge in [0.1, 0.15) is 4.90 Å². The van der Waals surface area contributed by atoms with E-state index in [0.717, 1.165) is 0 Å². The number of carbonyl (C=O) groups is 1. The number of aliphatic hydroxyl groups excluding tert-OH is 2. The molecule has 0 fully saturated rings. The van der Waals surface area contributed by atoms with Crippen LogP contribution in [-0.2, 0) is 21.2 Å². The predicted molar refractivity (Wildman–Crippen MR) is 76.7 cm³/mol. The molecule has 1 aliphatic rings. The van der Waals surface area contributed by atoms with Crippen molar-refractivity contribution in [3.63, 3.8) is 0 Å². The molecule has 0 radical (unpaired) electrons. The predicted octanol–water partition coefficient (Wildman–Crippen LogP) is -0.144. The van der Waals surface area contributed by atoms with E-state index in [9.17, 15) is 23.4 Å². The van der Waals surface area contributed by atoms with E-state index in [2.05, 4.69) is 10.0 Å². The average Bonchev–Trinajstić information content (AvgIpc) is 2.76. The quantitative estimate of drug-likeness (QED) is 0.598. The van der Waals surface area contributed by atoms with Gasteiger partial charge in [-0.3, -0.25) is 4.79 Å². The summed E-state index contributed by atoms with van der Waals surface area (Å²) in [6.07, 6.45) is 0.0757. The van der Waals surface area contributed by atoms with Crippen molar-refractivity contribution in [2.75, 3.05) is 18.5 Å². The van der Waals surface area contributed by atoms with Crippen LogP contribution in [0.3, 0.4) is 0 Å². The van der Waals surface area contributed by atoms with Crippen molar-refractivity contribution in [1.29, 1.82) is 0 Å². The molecule has 2 rings (SSSR count). The Morgan fingerprint density at radius 1 is 1.38 bits per heavy atom. The fourth-order valence-corrected chi connectivity index (χ4v) is 3.89. The highest BCUT2D eigenvalue weighted by Crippen LogP contribution is 2.32. The van der Waals surface area contributed by atoms with Crippen LogP contribution in [0, 0.1) is 0 Å². The molecule has 0 aliphatic carbocycles. The van der Waals surface area contributed by atoms with Crippen LogP contribution in [0.4, 0.5) is 5.69 Å². The van der Waals surface area contributed by atoms with Gasteiger partial charge in [-0.15, -0.1) is 0 Å². The third kappa shape index (κ3) is 3.19. The molecule has 116 valence electrons. The molecule has 21 heavy (non-hydrogen) atoms. The van der Waals surface area contributed by atoms with E-state index in [4.69, 9.17) is 11.6 Å². The Morgan fingerprint density at radius 3 is 2.57 bits per heavy atom. The van der Waals surface area contributed by atoms with Crippen molar-refractivity contribution < 1.29 is 23.4 Å². The molecule has 0 bridgehead atoms. The lowest BCUT2D eigenvalue weighted by molar-refractivity contribution is -0.115. The molecule has 4 N–H and O–H groups in total. The Bertz CT molecular complexity index is 685. The Morgan fingerprint density at radius 2 is 2.00 bits per heavy atom. The van der Waals surface area contributed by atoms with Gasteiger partial charge in [-0.25, -0.2) is 13.1 Å². The molecule has 0 atom stereocenters. The Kier molecular flexibility index (Phi) is 4.27. The normalized spacial score (nSPS) is 15.0. The van der Waals surface area contributed by atoms with Gasteiger partial charge in [0.25, 0.3) is 0 Å². The van der Waals surface area contributed by atoms with Gasteiger partial charge in [-0.05, 0) is 24.6 Å². The molecule has 1 heterocycles. The Balaban J connectivity index is 2.42. The van der Waals surface area contributed by atoms with Gasteiger partial charge in [0.15, 0.2) is 0 Å². The number of sulfonamides is 1. The van der Waals surface area contributed by atoms with Crippen LogP contribution in [0.25, 0.3) is 0 Å². The van der Waals surface area contributed by atoms with Gasteiger partial charge < -0.3 is 15.5 Å². The number of nitrogens with one attached hydrogen (secondary N) is 2. The Hall–Kier alpha value is -1.19. The van der Waals surface area contributed by atoms with E-state index >= 15 is 0 Å². The van der Waals surface area contributed by atoms with Crippen LogP contribution < -0.4 is 10.0 Å². The van der Waals surface area contributed by atoms with Gasteiger partial charge in [-0.2, -0.15) is 0 Å². The van der Waals surface area contributed by atoms with Gasteiger partial charge in [0.05, 0.1) is 30.2 Å². The minimum absolute atomic E-state index is 0.0540. The molecule has 0 spiro atoms. The third-order valence-electron chi connectivity index (χ3n) is 3.15. The second-order valence-corrected chi connectivity index (χ2v) is 7.21. The fraction of sp³-hybridized carbons (Fsp3) is 0.417. The van der Waals surface area contributed by atoms with Crippen molar-refractivity contribution in [2.24, 2.45) is 0 Å². The maximum absolute atomic E-state index is 12.3. The first kappa shape index (κ1) is 16.2. The van der Waals surface area contributed by atoms with E-state index in [1.165, 1.54) is 19.1 Å². The average molecular weight is 335 g/mol. The van der Waals surface area contributed by atoms with Crippen molar-refractivity contribution in [1.82, 2.24) is 4.72 Å². The zero-order valence-electron chi connectivity index (χ0n) is 11.2. The van der Waals surface area contributed by atoms with Crippen LogP contribution in [0.2, 0.25) is 5.02 Å². The summed E-state index contributed by atoms with van der Waals surface area (Å²) in [6, 6.07) is 2.68. The number of fused-ring (bicyclic) bond motifs is 1. The van der Waals surface area contributed by atoms with Crippen LogP contribution in [0.5, 0.6) is 0 Å². The van der Waals surface area contributed by atoms with Crippen molar-refractivity contribution >= 4 is 33.2 Å². The zero-order chi connectivity index (χ0) is 15.8. The van der Waals surface area contributed by atoms with Gasteiger partial charge in [-0.1, -0.05) is 11.6 Å². The van der Waals surface area contributed by atoms with Crippen molar-refractivity contribution in [3.05, 3.63) is 22.7 Å². The minimum Gasteiger partial charge on any atom is -0.394 e. The van der Waals surface area contributed by atoms with E-state index < -0.39 is 28.8 Å². The summed E-state index contributed by atoms with van der Waals surface area (Å²) in [6.45, 7) is 0.202. The summed E-state index contributed by atoms with van der Waals surface area (Å²) in [4.78, 5) is 11.1. The highest BCUT2D eigenvalue weighted by atomic mass is 35.5. The second-order valence-electron chi connectivity index (χ2n) is 5.15. The largest absolute Gasteiger partial charge is 0.394 e. The zero-order valence-corrected chi connectivity index (χ0v) is 12.8. The summed E-state index contributed by atoms with van der Waals surface area (Å²) in [5.41, 5.74) is -0.398. The van der Waals surface area contributed by atoms with Crippen molar-refractivity contribution in [2.45, 2.75) is 23.8 Å². The third-order valence-corrected chi connectivity index (χ3v) is 5.25. The first-order valence-electron chi connectivity index (χ1n) is 6.09. The van der Waals surface area contributed by atoms with E-state index in [1.807, 2.05) is 0 Å². The highest BCUT2D eigenvalue weighted by molar-refractivity contribution is 7.89. The monoisotopic (exact) mass is 334 g/mol. The summed E-state index contributed by atoms with van der Waals surface area (Å²) in [5.74, 6) is -0.237. The van der Waals surface area contributed by atoms with E-state index in [0.29, 0.717) is 11.3 Å². The molecule has 0 saturated carbocycles. The Labute approximate surface area is 127 Å².